The minimum Gasteiger partial charge on any atom is -0.390 e. The van der Waals surface area contributed by atoms with Crippen LogP contribution in [0.2, 0.25) is 0 Å². The van der Waals surface area contributed by atoms with Crippen LogP contribution in [0.15, 0.2) is 47.6 Å². The fourth-order valence-electron chi connectivity index (χ4n) is 6.37. The summed E-state index contributed by atoms with van der Waals surface area (Å²) in [5.41, 5.74) is 4.27. The Labute approximate surface area is 173 Å². The average Bonchev–Trinajstić information content (AvgIpc) is 2.97. The molecule has 4 unspecified atom stereocenters. The summed E-state index contributed by atoms with van der Waals surface area (Å²) in [6, 6.07) is 0. The summed E-state index contributed by atoms with van der Waals surface area (Å²) in [6.07, 6.45) is 21.7. The van der Waals surface area contributed by atoms with E-state index in [4.69, 9.17) is 0 Å². The lowest BCUT2D eigenvalue weighted by Gasteiger charge is -2.44. The first kappa shape index (κ1) is 21.6. The molecule has 28 heavy (non-hydrogen) atoms. The van der Waals surface area contributed by atoms with Gasteiger partial charge in [0.2, 0.25) is 0 Å². The molecule has 0 aliphatic heterocycles. The Bertz CT molecular complexity index is 656. The molecule has 0 aromatic carbocycles. The zero-order valence-electron chi connectivity index (χ0n) is 18.8. The normalized spacial score (nSPS) is 34.8. The second kappa shape index (κ2) is 8.74. The van der Waals surface area contributed by atoms with E-state index in [2.05, 4.69) is 44.7 Å². The van der Waals surface area contributed by atoms with E-state index in [1.54, 1.807) is 5.57 Å². The Kier molecular flexibility index (Phi) is 6.75. The van der Waals surface area contributed by atoms with Gasteiger partial charge in [0.15, 0.2) is 0 Å². The molecule has 0 radical (unpaired) electrons. The molecule has 0 amide bonds. The molecule has 1 N–H and O–H groups in total. The first-order valence-electron chi connectivity index (χ1n) is 11.7. The lowest BCUT2D eigenvalue weighted by atomic mass is 9.60. The SMILES string of the molecule is C=C1CCC=CC1=CC=C1CCCC2(C)C1CCC2C(C)CCCC(C)(C)O. The maximum atomic E-state index is 10.0. The van der Waals surface area contributed by atoms with Gasteiger partial charge >= 0.3 is 0 Å². The summed E-state index contributed by atoms with van der Waals surface area (Å²) in [5.74, 6) is 2.36. The van der Waals surface area contributed by atoms with Crippen LogP contribution in [0.3, 0.4) is 0 Å². The molecule has 0 spiro atoms. The van der Waals surface area contributed by atoms with Gasteiger partial charge in [-0.05, 0) is 99.5 Å². The van der Waals surface area contributed by atoms with Gasteiger partial charge in [0.1, 0.15) is 0 Å². The second-order valence-corrected chi connectivity index (χ2v) is 10.7. The third kappa shape index (κ3) is 4.90. The Balaban J connectivity index is 1.69. The van der Waals surface area contributed by atoms with Crippen LogP contribution >= 0.6 is 0 Å². The van der Waals surface area contributed by atoms with Crippen molar-refractivity contribution in [2.24, 2.45) is 23.2 Å². The average molecular weight is 383 g/mol. The van der Waals surface area contributed by atoms with E-state index in [-0.39, 0.29) is 0 Å². The molecular formula is C27H42O. The molecule has 0 aromatic heterocycles. The molecular weight excluding hydrogens is 340 g/mol. The van der Waals surface area contributed by atoms with Crippen LogP contribution in [0.5, 0.6) is 0 Å². The number of fused-ring (bicyclic) bond motifs is 1. The van der Waals surface area contributed by atoms with Gasteiger partial charge in [0.05, 0.1) is 5.60 Å². The minimum atomic E-state index is -0.520. The Morgan fingerprint density at radius 3 is 2.79 bits per heavy atom. The predicted molar refractivity (Wildman–Crippen MR) is 121 cm³/mol. The first-order chi connectivity index (χ1) is 13.2. The van der Waals surface area contributed by atoms with Gasteiger partial charge < -0.3 is 5.11 Å². The van der Waals surface area contributed by atoms with E-state index in [0.717, 1.165) is 43.4 Å². The van der Waals surface area contributed by atoms with Gasteiger partial charge in [0, 0.05) is 0 Å². The lowest BCUT2D eigenvalue weighted by molar-refractivity contribution is 0.0597. The van der Waals surface area contributed by atoms with Gasteiger partial charge in [-0.3, -0.25) is 0 Å². The van der Waals surface area contributed by atoms with Crippen molar-refractivity contribution in [3.63, 3.8) is 0 Å². The number of hydrogen-bond donors (Lipinski definition) is 1. The van der Waals surface area contributed by atoms with Gasteiger partial charge in [-0.2, -0.15) is 0 Å². The highest BCUT2D eigenvalue weighted by Crippen LogP contribution is 2.59. The van der Waals surface area contributed by atoms with Crippen molar-refractivity contribution in [3.05, 3.63) is 47.6 Å². The maximum Gasteiger partial charge on any atom is 0.0591 e. The fraction of sp³-hybridized carbons (Fsp3) is 0.704. The van der Waals surface area contributed by atoms with Gasteiger partial charge in [-0.25, -0.2) is 0 Å². The van der Waals surface area contributed by atoms with Crippen molar-refractivity contribution in [2.75, 3.05) is 0 Å². The lowest BCUT2D eigenvalue weighted by Crippen LogP contribution is -2.36. The monoisotopic (exact) mass is 382 g/mol. The molecule has 156 valence electrons. The van der Waals surface area contributed by atoms with Gasteiger partial charge in [0.25, 0.3) is 0 Å². The predicted octanol–water partition coefficient (Wildman–Crippen LogP) is 7.54. The zero-order valence-corrected chi connectivity index (χ0v) is 18.8. The Hall–Kier alpha value is -1.08. The molecule has 4 atom stereocenters. The molecule has 0 aromatic rings. The molecule has 3 aliphatic rings. The highest BCUT2D eigenvalue weighted by molar-refractivity contribution is 5.43. The van der Waals surface area contributed by atoms with Gasteiger partial charge in [-0.1, -0.05) is 63.1 Å². The molecule has 0 saturated heterocycles. The Morgan fingerprint density at radius 2 is 2.07 bits per heavy atom. The van der Waals surface area contributed by atoms with E-state index in [1.165, 1.54) is 49.7 Å². The van der Waals surface area contributed by atoms with Crippen molar-refractivity contribution in [3.8, 4) is 0 Å². The van der Waals surface area contributed by atoms with Crippen molar-refractivity contribution >= 4 is 0 Å². The largest absolute Gasteiger partial charge is 0.390 e. The van der Waals surface area contributed by atoms with Crippen molar-refractivity contribution in [1.29, 1.82) is 0 Å². The zero-order chi connectivity index (χ0) is 20.4. The summed E-state index contributed by atoms with van der Waals surface area (Å²) in [7, 11) is 0. The number of aliphatic hydroxyl groups is 1. The first-order valence-corrected chi connectivity index (χ1v) is 11.7. The van der Waals surface area contributed by atoms with Crippen LogP contribution in [0.4, 0.5) is 0 Å². The third-order valence-electron chi connectivity index (χ3n) is 7.97. The third-order valence-corrected chi connectivity index (χ3v) is 7.97. The topological polar surface area (TPSA) is 20.2 Å². The number of allylic oxidation sites excluding steroid dienone is 7. The van der Waals surface area contributed by atoms with E-state index in [0.29, 0.717) is 5.41 Å². The summed E-state index contributed by atoms with van der Waals surface area (Å²) in [4.78, 5) is 0. The van der Waals surface area contributed by atoms with E-state index >= 15 is 0 Å². The summed E-state index contributed by atoms with van der Waals surface area (Å²) in [5, 5.41) is 10.0. The van der Waals surface area contributed by atoms with Crippen molar-refractivity contribution in [2.45, 2.75) is 97.5 Å². The van der Waals surface area contributed by atoms with Crippen LogP contribution in [0, 0.1) is 23.2 Å². The summed E-state index contributed by atoms with van der Waals surface area (Å²) in [6.45, 7) is 13.2. The minimum absolute atomic E-state index is 0.468. The highest BCUT2D eigenvalue weighted by atomic mass is 16.3. The molecule has 2 fully saturated rings. The van der Waals surface area contributed by atoms with Gasteiger partial charge in [-0.15, -0.1) is 0 Å². The van der Waals surface area contributed by atoms with Crippen molar-refractivity contribution < 1.29 is 5.11 Å². The fourth-order valence-corrected chi connectivity index (χ4v) is 6.37. The number of hydrogen-bond acceptors (Lipinski definition) is 1. The van der Waals surface area contributed by atoms with Crippen LogP contribution < -0.4 is 0 Å². The van der Waals surface area contributed by atoms with E-state index < -0.39 is 5.60 Å². The molecule has 3 rings (SSSR count). The number of rotatable bonds is 6. The Morgan fingerprint density at radius 1 is 1.29 bits per heavy atom. The molecule has 0 bridgehead atoms. The second-order valence-electron chi connectivity index (χ2n) is 10.7. The molecule has 1 nitrogen and oxygen atoms in total. The summed E-state index contributed by atoms with van der Waals surface area (Å²) >= 11 is 0. The van der Waals surface area contributed by atoms with Crippen LogP contribution in [0.1, 0.15) is 91.9 Å². The summed E-state index contributed by atoms with van der Waals surface area (Å²) < 4.78 is 0. The standard InChI is InChI=1S/C27H42O/c1-20-10-6-7-12-22(20)14-15-23-13-9-19-27(5)24(16-17-25(23)27)21(2)11-8-18-26(3,4)28/h7,12,14-15,21,24-25,28H,1,6,8-11,13,16-19H2,2-5H3. The molecule has 2 saturated carbocycles. The molecule has 0 heterocycles. The maximum absolute atomic E-state index is 10.0. The van der Waals surface area contributed by atoms with Crippen LogP contribution in [-0.2, 0) is 0 Å². The molecule has 1 heteroatoms. The van der Waals surface area contributed by atoms with Crippen molar-refractivity contribution in [1.82, 2.24) is 0 Å². The quantitative estimate of drug-likeness (QED) is 0.503. The molecule has 3 aliphatic carbocycles. The van der Waals surface area contributed by atoms with E-state index in [1.807, 2.05) is 13.8 Å². The van der Waals surface area contributed by atoms with E-state index in [9.17, 15) is 5.11 Å². The van der Waals surface area contributed by atoms with Crippen LogP contribution in [-0.4, -0.2) is 10.7 Å². The smallest absolute Gasteiger partial charge is 0.0591 e. The highest BCUT2D eigenvalue weighted by Gasteiger charge is 2.50. The van der Waals surface area contributed by atoms with Crippen LogP contribution in [0.25, 0.3) is 0 Å².